The maximum atomic E-state index is 3.52. The first-order chi connectivity index (χ1) is 7.27. The number of hydrogen-bond acceptors (Lipinski definition) is 3. The molecule has 2 rings (SSSR count). The number of rotatable bonds is 2. The SMILES string of the molecule is Cc1cccc(C)c1NC1NCC=CS1. The van der Waals surface area contributed by atoms with E-state index in [0.717, 1.165) is 6.54 Å². The molecule has 0 bridgehead atoms. The molecule has 0 radical (unpaired) electrons. The third kappa shape index (κ3) is 2.55. The first kappa shape index (κ1) is 10.6. The van der Waals surface area contributed by atoms with Gasteiger partial charge in [0.25, 0.3) is 0 Å². The lowest BCUT2D eigenvalue weighted by atomic mass is 10.1. The second-order valence-corrected chi connectivity index (χ2v) is 4.72. The van der Waals surface area contributed by atoms with Gasteiger partial charge in [-0.3, -0.25) is 5.32 Å². The van der Waals surface area contributed by atoms with E-state index >= 15 is 0 Å². The van der Waals surface area contributed by atoms with Crippen molar-refractivity contribution in [3.05, 3.63) is 40.8 Å². The lowest BCUT2D eigenvalue weighted by Crippen LogP contribution is -2.35. The van der Waals surface area contributed by atoms with Gasteiger partial charge in [-0.25, -0.2) is 0 Å². The van der Waals surface area contributed by atoms with Crippen LogP contribution in [0.3, 0.4) is 0 Å². The first-order valence-electron chi connectivity index (χ1n) is 5.14. The number of nitrogens with one attached hydrogen (secondary N) is 2. The maximum absolute atomic E-state index is 3.52. The van der Waals surface area contributed by atoms with Crippen molar-refractivity contribution < 1.29 is 0 Å². The number of benzene rings is 1. The van der Waals surface area contributed by atoms with E-state index in [0.29, 0.717) is 0 Å². The highest BCUT2D eigenvalue weighted by atomic mass is 32.2. The average molecular weight is 220 g/mol. The minimum absolute atomic E-state index is 0.287. The largest absolute Gasteiger partial charge is 0.361 e. The molecule has 0 saturated carbocycles. The van der Waals surface area contributed by atoms with E-state index in [1.165, 1.54) is 16.8 Å². The Kier molecular flexibility index (Phi) is 3.34. The molecule has 15 heavy (non-hydrogen) atoms. The topological polar surface area (TPSA) is 24.1 Å². The third-order valence-corrected chi connectivity index (χ3v) is 3.39. The van der Waals surface area contributed by atoms with Gasteiger partial charge in [0.1, 0.15) is 5.50 Å². The summed E-state index contributed by atoms with van der Waals surface area (Å²) in [6, 6.07) is 6.37. The summed E-state index contributed by atoms with van der Waals surface area (Å²) in [5.74, 6) is 0. The molecule has 0 aliphatic carbocycles. The van der Waals surface area contributed by atoms with Crippen LogP contribution in [0.25, 0.3) is 0 Å². The van der Waals surface area contributed by atoms with E-state index in [-0.39, 0.29) is 5.50 Å². The quantitative estimate of drug-likeness (QED) is 0.801. The molecule has 80 valence electrons. The Balaban J connectivity index is 2.13. The zero-order chi connectivity index (χ0) is 10.7. The van der Waals surface area contributed by atoms with E-state index < -0.39 is 0 Å². The summed E-state index contributed by atoms with van der Waals surface area (Å²) in [5, 5.41) is 9.05. The molecule has 1 aromatic carbocycles. The van der Waals surface area contributed by atoms with Crippen LogP contribution in [0.5, 0.6) is 0 Å². The van der Waals surface area contributed by atoms with Gasteiger partial charge in [0.15, 0.2) is 0 Å². The summed E-state index contributed by atoms with van der Waals surface area (Å²) in [6.07, 6.45) is 2.13. The summed E-state index contributed by atoms with van der Waals surface area (Å²) >= 11 is 1.77. The Bertz CT molecular complexity index is 354. The van der Waals surface area contributed by atoms with Gasteiger partial charge in [-0.15, -0.1) is 0 Å². The molecular weight excluding hydrogens is 204 g/mol. The second kappa shape index (κ2) is 4.73. The molecule has 0 aromatic heterocycles. The van der Waals surface area contributed by atoms with Crippen LogP contribution in [0.4, 0.5) is 5.69 Å². The highest BCUT2D eigenvalue weighted by molar-refractivity contribution is 8.02. The van der Waals surface area contributed by atoms with Crippen LogP contribution in [0.1, 0.15) is 11.1 Å². The van der Waals surface area contributed by atoms with Gasteiger partial charge in [0, 0.05) is 12.2 Å². The van der Waals surface area contributed by atoms with E-state index in [1.54, 1.807) is 11.8 Å². The fourth-order valence-corrected chi connectivity index (χ4v) is 2.41. The van der Waals surface area contributed by atoms with Gasteiger partial charge in [-0.05, 0) is 30.4 Å². The highest BCUT2D eigenvalue weighted by Crippen LogP contribution is 2.23. The molecule has 0 fully saturated rings. The Morgan fingerprint density at radius 1 is 1.33 bits per heavy atom. The summed E-state index contributed by atoms with van der Waals surface area (Å²) in [7, 11) is 0. The minimum atomic E-state index is 0.287. The molecule has 1 heterocycles. The van der Waals surface area contributed by atoms with Crippen LogP contribution in [0.15, 0.2) is 29.7 Å². The standard InChI is InChI=1S/C12H16N2S/c1-9-5-3-6-10(2)11(9)14-12-13-7-4-8-15-12/h3-6,8,12-14H,7H2,1-2H3. The molecule has 0 amide bonds. The van der Waals surface area contributed by atoms with Crippen LogP contribution in [-0.2, 0) is 0 Å². The van der Waals surface area contributed by atoms with Gasteiger partial charge >= 0.3 is 0 Å². The Morgan fingerprint density at radius 2 is 2.07 bits per heavy atom. The molecule has 3 heteroatoms. The first-order valence-corrected chi connectivity index (χ1v) is 6.08. The Hall–Kier alpha value is -0.930. The van der Waals surface area contributed by atoms with Crippen LogP contribution in [0.2, 0.25) is 0 Å². The predicted molar refractivity (Wildman–Crippen MR) is 68.1 cm³/mol. The second-order valence-electron chi connectivity index (χ2n) is 3.71. The number of anilines is 1. The molecule has 1 atom stereocenters. The van der Waals surface area contributed by atoms with Crippen LogP contribution >= 0.6 is 11.8 Å². The average Bonchev–Trinajstić information content (AvgIpc) is 2.25. The fraction of sp³-hybridized carbons (Fsp3) is 0.333. The lowest BCUT2D eigenvalue weighted by Gasteiger charge is -2.23. The van der Waals surface area contributed by atoms with Crippen molar-refractivity contribution in [1.82, 2.24) is 5.32 Å². The zero-order valence-corrected chi connectivity index (χ0v) is 9.90. The maximum Gasteiger partial charge on any atom is 0.130 e. The Labute approximate surface area is 95.1 Å². The van der Waals surface area contributed by atoms with Crippen LogP contribution in [-0.4, -0.2) is 12.0 Å². The van der Waals surface area contributed by atoms with Gasteiger partial charge in [-0.1, -0.05) is 36.0 Å². The molecule has 0 saturated heterocycles. The lowest BCUT2D eigenvalue weighted by molar-refractivity contribution is 0.757. The summed E-state index contributed by atoms with van der Waals surface area (Å²) in [6.45, 7) is 5.22. The normalized spacial score (nSPS) is 20.3. The summed E-state index contributed by atoms with van der Waals surface area (Å²) in [5.41, 5.74) is 4.13. The molecule has 1 aliphatic heterocycles. The molecule has 1 aliphatic rings. The van der Waals surface area contributed by atoms with Crippen LogP contribution in [0, 0.1) is 13.8 Å². The van der Waals surface area contributed by atoms with Crippen molar-refractivity contribution in [2.45, 2.75) is 19.3 Å². The van der Waals surface area contributed by atoms with Gasteiger partial charge in [0.2, 0.25) is 0 Å². The fourth-order valence-electron chi connectivity index (χ4n) is 1.66. The molecule has 2 nitrogen and oxygen atoms in total. The third-order valence-electron chi connectivity index (χ3n) is 2.49. The predicted octanol–water partition coefficient (Wildman–Crippen LogP) is 2.85. The molecule has 2 N–H and O–H groups in total. The van der Waals surface area contributed by atoms with Crippen LogP contribution < -0.4 is 10.6 Å². The highest BCUT2D eigenvalue weighted by Gasteiger charge is 2.11. The zero-order valence-electron chi connectivity index (χ0n) is 9.08. The number of aryl methyl sites for hydroxylation is 2. The van der Waals surface area contributed by atoms with Gasteiger partial charge < -0.3 is 5.32 Å². The number of thioether (sulfide) groups is 1. The molecular formula is C12H16N2S. The van der Waals surface area contributed by atoms with Crippen molar-refractivity contribution in [3.8, 4) is 0 Å². The molecule has 1 unspecified atom stereocenters. The monoisotopic (exact) mass is 220 g/mol. The molecule has 1 aromatic rings. The summed E-state index contributed by atoms with van der Waals surface area (Å²) < 4.78 is 0. The van der Waals surface area contributed by atoms with E-state index in [1.807, 2.05) is 0 Å². The van der Waals surface area contributed by atoms with Gasteiger partial charge in [-0.2, -0.15) is 0 Å². The van der Waals surface area contributed by atoms with Crippen molar-refractivity contribution in [3.63, 3.8) is 0 Å². The van der Waals surface area contributed by atoms with E-state index in [9.17, 15) is 0 Å². The summed E-state index contributed by atoms with van der Waals surface area (Å²) in [4.78, 5) is 0. The van der Waals surface area contributed by atoms with Crippen molar-refractivity contribution in [2.75, 3.05) is 11.9 Å². The van der Waals surface area contributed by atoms with Crippen molar-refractivity contribution >= 4 is 17.4 Å². The smallest absolute Gasteiger partial charge is 0.130 e. The van der Waals surface area contributed by atoms with Crippen molar-refractivity contribution in [1.29, 1.82) is 0 Å². The van der Waals surface area contributed by atoms with E-state index in [2.05, 4.69) is 54.2 Å². The number of hydrogen-bond donors (Lipinski definition) is 2. The minimum Gasteiger partial charge on any atom is -0.361 e. The Morgan fingerprint density at radius 3 is 2.67 bits per heavy atom. The molecule has 0 spiro atoms. The van der Waals surface area contributed by atoms with Gasteiger partial charge in [0.05, 0.1) is 0 Å². The van der Waals surface area contributed by atoms with E-state index in [4.69, 9.17) is 0 Å². The van der Waals surface area contributed by atoms with Crippen molar-refractivity contribution in [2.24, 2.45) is 0 Å². The number of para-hydroxylation sites is 1.